The number of carbonyl (C=O) groups excluding carboxylic acids is 1. The van der Waals surface area contributed by atoms with Gasteiger partial charge in [0.25, 0.3) is 5.69 Å². The Labute approximate surface area is 110 Å². The molecule has 0 saturated carbocycles. The van der Waals surface area contributed by atoms with Crippen LogP contribution in [0.2, 0.25) is 0 Å². The maximum absolute atomic E-state index is 12.0. The number of rotatable bonds is 5. The van der Waals surface area contributed by atoms with Gasteiger partial charge in [-0.25, -0.2) is 0 Å². The highest BCUT2D eigenvalue weighted by atomic mass is 16.6. The molecule has 104 valence electrons. The lowest BCUT2D eigenvalue weighted by Crippen LogP contribution is -2.50. The number of non-ortho nitro benzene ring substituents is 1. The van der Waals surface area contributed by atoms with Gasteiger partial charge in [-0.05, 0) is 18.9 Å². The minimum absolute atomic E-state index is 0.104. The van der Waals surface area contributed by atoms with Crippen molar-refractivity contribution in [2.24, 2.45) is 5.73 Å². The molecule has 0 radical (unpaired) electrons. The van der Waals surface area contributed by atoms with E-state index in [1.165, 1.54) is 12.1 Å². The van der Waals surface area contributed by atoms with E-state index in [-0.39, 0.29) is 17.1 Å². The van der Waals surface area contributed by atoms with Gasteiger partial charge in [0, 0.05) is 6.07 Å². The Balaban J connectivity index is 2.95. The molecule has 7 nitrogen and oxygen atoms in total. The summed E-state index contributed by atoms with van der Waals surface area (Å²) >= 11 is 0. The second kappa shape index (κ2) is 5.66. The van der Waals surface area contributed by atoms with E-state index in [1.807, 2.05) is 0 Å². The molecule has 1 aromatic rings. The van der Waals surface area contributed by atoms with Gasteiger partial charge in [-0.1, -0.05) is 13.8 Å². The van der Waals surface area contributed by atoms with Gasteiger partial charge < -0.3 is 16.2 Å². The molecule has 19 heavy (non-hydrogen) atoms. The zero-order valence-electron chi connectivity index (χ0n) is 10.8. The number of nitrogens with one attached hydrogen (secondary N) is 1. The highest BCUT2D eigenvalue weighted by Crippen LogP contribution is 2.28. The van der Waals surface area contributed by atoms with E-state index in [1.54, 1.807) is 13.8 Å². The van der Waals surface area contributed by atoms with Crippen molar-refractivity contribution in [3.63, 3.8) is 0 Å². The number of hydrogen-bond acceptors (Lipinski definition) is 5. The summed E-state index contributed by atoms with van der Waals surface area (Å²) in [6.07, 6.45) is 0.895. The molecular weight excluding hydrogens is 250 g/mol. The Morgan fingerprint density at radius 2 is 2.05 bits per heavy atom. The molecule has 0 aromatic heterocycles. The second-order valence-electron chi connectivity index (χ2n) is 4.28. The van der Waals surface area contributed by atoms with Crippen LogP contribution in [0.4, 0.5) is 11.4 Å². The number of nitrogens with zero attached hydrogens (tertiary/aromatic N) is 1. The van der Waals surface area contributed by atoms with E-state index in [2.05, 4.69) is 5.32 Å². The fourth-order valence-corrected chi connectivity index (χ4v) is 1.56. The van der Waals surface area contributed by atoms with E-state index in [0.29, 0.717) is 12.8 Å². The number of nitro benzene ring substituents is 1. The first-order valence-corrected chi connectivity index (χ1v) is 5.91. The topological polar surface area (TPSA) is 118 Å². The fraction of sp³-hybridized carbons (Fsp3) is 0.417. The Kier molecular flexibility index (Phi) is 4.44. The smallest absolute Gasteiger partial charge is 0.273 e. The van der Waals surface area contributed by atoms with Crippen LogP contribution in [-0.4, -0.2) is 21.5 Å². The van der Waals surface area contributed by atoms with Gasteiger partial charge in [0.1, 0.15) is 5.75 Å². The lowest BCUT2D eigenvalue weighted by Gasteiger charge is -2.25. The minimum Gasteiger partial charge on any atom is -0.506 e. The molecule has 7 heteroatoms. The molecule has 0 bridgehead atoms. The van der Waals surface area contributed by atoms with E-state index in [0.717, 1.165) is 6.07 Å². The number of benzene rings is 1. The first-order valence-electron chi connectivity index (χ1n) is 5.91. The van der Waals surface area contributed by atoms with Crippen LogP contribution in [0.25, 0.3) is 0 Å². The van der Waals surface area contributed by atoms with Gasteiger partial charge in [0.15, 0.2) is 0 Å². The minimum atomic E-state index is -1.02. The molecule has 0 aliphatic rings. The molecule has 0 saturated heterocycles. The summed E-state index contributed by atoms with van der Waals surface area (Å²) in [6, 6.07) is 3.45. The first kappa shape index (κ1) is 14.9. The number of nitro groups is 1. The molecular formula is C12H17N3O4. The largest absolute Gasteiger partial charge is 0.506 e. The Hall–Kier alpha value is -2.15. The molecule has 4 N–H and O–H groups in total. The molecule has 1 rings (SSSR count). The van der Waals surface area contributed by atoms with Gasteiger partial charge in [0.2, 0.25) is 5.91 Å². The molecule has 0 heterocycles. The van der Waals surface area contributed by atoms with E-state index in [4.69, 9.17) is 5.73 Å². The van der Waals surface area contributed by atoms with Crippen LogP contribution in [-0.2, 0) is 4.79 Å². The van der Waals surface area contributed by atoms with Crippen molar-refractivity contribution in [2.45, 2.75) is 32.2 Å². The Morgan fingerprint density at radius 1 is 1.47 bits per heavy atom. The third-order valence-electron chi connectivity index (χ3n) is 3.15. The van der Waals surface area contributed by atoms with Crippen molar-refractivity contribution in [1.29, 1.82) is 0 Å². The molecule has 1 aromatic carbocycles. The third-order valence-corrected chi connectivity index (χ3v) is 3.15. The maximum atomic E-state index is 12.0. The lowest BCUT2D eigenvalue weighted by atomic mass is 9.93. The Bertz CT molecular complexity index is 498. The maximum Gasteiger partial charge on any atom is 0.273 e. The summed E-state index contributed by atoms with van der Waals surface area (Å²) in [4.78, 5) is 21.9. The number of phenols is 1. The number of aromatic hydroxyl groups is 1. The van der Waals surface area contributed by atoms with E-state index >= 15 is 0 Å². The number of amides is 1. The number of hydrogen-bond donors (Lipinski definition) is 3. The fourth-order valence-electron chi connectivity index (χ4n) is 1.56. The summed E-state index contributed by atoms with van der Waals surface area (Å²) in [5.41, 5.74) is 4.75. The van der Waals surface area contributed by atoms with Crippen molar-refractivity contribution >= 4 is 17.3 Å². The zero-order valence-corrected chi connectivity index (χ0v) is 10.8. The van der Waals surface area contributed by atoms with Gasteiger partial charge >= 0.3 is 0 Å². The summed E-state index contributed by atoms with van der Waals surface area (Å²) in [6.45, 7) is 3.58. The van der Waals surface area contributed by atoms with E-state index < -0.39 is 16.4 Å². The molecule has 0 spiro atoms. The van der Waals surface area contributed by atoms with Crippen molar-refractivity contribution < 1.29 is 14.8 Å². The molecule has 0 aliphatic carbocycles. The van der Waals surface area contributed by atoms with Gasteiger partial charge in [-0.15, -0.1) is 0 Å². The van der Waals surface area contributed by atoms with Gasteiger partial charge in [-0.2, -0.15) is 0 Å². The van der Waals surface area contributed by atoms with Crippen molar-refractivity contribution in [3.05, 3.63) is 28.3 Å². The van der Waals surface area contributed by atoms with Crippen LogP contribution in [0.5, 0.6) is 5.75 Å². The number of nitrogens with two attached hydrogens (primary N) is 1. The molecule has 1 amide bonds. The summed E-state index contributed by atoms with van der Waals surface area (Å²) in [5, 5.41) is 22.6. The summed E-state index contributed by atoms with van der Waals surface area (Å²) < 4.78 is 0. The molecule has 0 fully saturated rings. The Morgan fingerprint density at radius 3 is 2.47 bits per heavy atom. The second-order valence-corrected chi connectivity index (χ2v) is 4.28. The quantitative estimate of drug-likeness (QED) is 0.426. The SMILES string of the molecule is CCC(N)(CC)C(=O)Nc1ccc([N+](=O)[O-])cc1O. The van der Waals surface area contributed by atoms with Crippen LogP contribution in [0.15, 0.2) is 18.2 Å². The first-order chi connectivity index (χ1) is 8.84. The van der Waals surface area contributed by atoms with Crippen molar-refractivity contribution in [2.75, 3.05) is 5.32 Å². The number of anilines is 1. The standard InChI is InChI=1S/C12H17N3O4/c1-3-12(13,4-2)11(17)14-9-6-5-8(15(18)19)7-10(9)16/h5-7,16H,3-4,13H2,1-2H3,(H,14,17). The monoisotopic (exact) mass is 267 g/mol. The molecule has 0 unspecified atom stereocenters. The normalized spacial score (nSPS) is 11.1. The van der Waals surface area contributed by atoms with Crippen LogP contribution < -0.4 is 11.1 Å². The lowest BCUT2D eigenvalue weighted by molar-refractivity contribution is -0.384. The van der Waals surface area contributed by atoms with Gasteiger partial charge in [-0.3, -0.25) is 14.9 Å². The zero-order chi connectivity index (χ0) is 14.6. The van der Waals surface area contributed by atoms with E-state index in [9.17, 15) is 20.0 Å². The van der Waals surface area contributed by atoms with Crippen molar-refractivity contribution in [3.8, 4) is 5.75 Å². The third kappa shape index (κ3) is 3.19. The highest BCUT2D eigenvalue weighted by molar-refractivity contribution is 5.99. The predicted octanol–water partition coefficient (Wildman–Crippen LogP) is 1.76. The summed E-state index contributed by atoms with van der Waals surface area (Å²) in [5.74, 6) is -0.793. The molecule has 0 atom stereocenters. The van der Waals surface area contributed by atoms with Gasteiger partial charge in [0.05, 0.1) is 22.2 Å². The predicted molar refractivity (Wildman–Crippen MR) is 70.9 cm³/mol. The van der Waals surface area contributed by atoms with Crippen LogP contribution >= 0.6 is 0 Å². The van der Waals surface area contributed by atoms with Crippen LogP contribution in [0, 0.1) is 10.1 Å². The average molecular weight is 267 g/mol. The summed E-state index contributed by atoms with van der Waals surface area (Å²) in [7, 11) is 0. The van der Waals surface area contributed by atoms with Crippen molar-refractivity contribution in [1.82, 2.24) is 0 Å². The number of phenolic OH excluding ortho intramolecular Hbond substituents is 1. The van der Waals surface area contributed by atoms with Crippen LogP contribution in [0.3, 0.4) is 0 Å². The average Bonchev–Trinajstić information content (AvgIpc) is 2.39. The molecule has 0 aliphatic heterocycles. The highest BCUT2D eigenvalue weighted by Gasteiger charge is 2.30. The van der Waals surface area contributed by atoms with Crippen LogP contribution in [0.1, 0.15) is 26.7 Å². The number of carbonyl (C=O) groups is 1.